The average molecular weight is 438 g/mol. The van der Waals surface area contributed by atoms with Crippen LogP contribution in [0.15, 0.2) is 54.2 Å². The van der Waals surface area contributed by atoms with E-state index in [1.165, 1.54) is 17.0 Å². The number of hydrogen-bond acceptors (Lipinski definition) is 5. The van der Waals surface area contributed by atoms with Crippen molar-refractivity contribution in [2.45, 2.75) is 19.8 Å². The molecule has 0 atom stereocenters. The summed E-state index contributed by atoms with van der Waals surface area (Å²) in [6, 6.07) is 12.8. The SMILES string of the molecule is COc1ccc(OCCN2C(=O)C(c3ccc(F)cc3)=C(N3CCC(C)CC3)C2=O)cc1. The third-order valence-corrected chi connectivity index (χ3v) is 6.02. The molecule has 6 nitrogen and oxygen atoms in total. The number of carbonyl (C=O) groups is 2. The van der Waals surface area contributed by atoms with Gasteiger partial charge in [-0.25, -0.2) is 4.39 Å². The summed E-state index contributed by atoms with van der Waals surface area (Å²) in [4.78, 5) is 29.9. The van der Waals surface area contributed by atoms with Crippen molar-refractivity contribution in [3.8, 4) is 11.5 Å². The second kappa shape index (κ2) is 9.42. The summed E-state index contributed by atoms with van der Waals surface area (Å²) in [6.45, 7) is 3.93. The van der Waals surface area contributed by atoms with Crippen LogP contribution in [-0.4, -0.2) is 55.0 Å². The summed E-state index contributed by atoms with van der Waals surface area (Å²) in [5.74, 6) is 0.861. The molecule has 4 rings (SSSR count). The lowest BCUT2D eigenvalue weighted by Crippen LogP contribution is -2.39. The largest absolute Gasteiger partial charge is 0.497 e. The maximum atomic E-state index is 13.5. The molecule has 2 aromatic rings. The fourth-order valence-corrected chi connectivity index (χ4v) is 4.10. The minimum atomic E-state index is -0.385. The van der Waals surface area contributed by atoms with Gasteiger partial charge in [0.25, 0.3) is 11.8 Å². The summed E-state index contributed by atoms with van der Waals surface area (Å²) in [5.41, 5.74) is 1.31. The number of benzene rings is 2. The Bertz CT molecular complexity index is 1010. The van der Waals surface area contributed by atoms with Gasteiger partial charge in [0, 0.05) is 13.1 Å². The van der Waals surface area contributed by atoms with E-state index < -0.39 is 0 Å². The van der Waals surface area contributed by atoms with E-state index in [0.29, 0.717) is 28.5 Å². The van der Waals surface area contributed by atoms with Crippen LogP contribution in [0.2, 0.25) is 0 Å². The molecule has 2 aliphatic rings. The van der Waals surface area contributed by atoms with Crippen LogP contribution in [0.5, 0.6) is 11.5 Å². The molecule has 0 aliphatic carbocycles. The van der Waals surface area contributed by atoms with Crippen LogP contribution >= 0.6 is 0 Å². The van der Waals surface area contributed by atoms with E-state index in [-0.39, 0.29) is 30.8 Å². The monoisotopic (exact) mass is 438 g/mol. The van der Waals surface area contributed by atoms with Crippen molar-refractivity contribution in [3.05, 3.63) is 65.6 Å². The Hall–Kier alpha value is -3.35. The van der Waals surface area contributed by atoms with Crippen LogP contribution in [0.25, 0.3) is 5.57 Å². The minimum absolute atomic E-state index is 0.127. The molecular formula is C25H27FN2O4. The summed E-state index contributed by atoms with van der Waals surface area (Å²) >= 11 is 0. The van der Waals surface area contributed by atoms with Crippen molar-refractivity contribution in [3.63, 3.8) is 0 Å². The van der Waals surface area contributed by atoms with Crippen LogP contribution in [0.1, 0.15) is 25.3 Å². The van der Waals surface area contributed by atoms with Gasteiger partial charge in [0.15, 0.2) is 0 Å². The summed E-state index contributed by atoms with van der Waals surface area (Å²) in [5, 5.41) is 0. The number of piperidine rings is 1. The lowest BCUT2D eigenvalue weighted by Gasteiger charge is -2.32. The fraction of sp³-hybridized carbons (Fsp3) is 0.360. The Balaban J connectivity index is 1.53. The van der Waals surface area contributed by atoms with E-state index >= 15 is 0 Å². The molecule has 7 heteroatoms. The van der Waals surface area contributed by atoms with E-state index in [1.54, 1.807) is 43.5 Å². The summed E-state index contributed by atoms with van der Waals surface area (Å²) in [7, 11) is 1.59. The molecule has 1 saturated heterocycles. The van der Waals surface area contributed by atoms with Crippen molar-refractivity contribution in [2.24, 2.45) is 5.92 Å². The molecule has 0 aromatic heterocycles. The number of ether oxygens (including phenoxy) is 2. The van der Waals surface area contributed by atoms with E-state index in [0.717, 1.165) is 31.7 Å². The van der Waals surface area contributed by atoms with E-state index in [2.05, 4.69) is 6.92 Å². The maximum Gasteiger partial charge on any atom is 0.277 e. The number of halogens is 1. The van der Waals surface area contributed by atoms with Crippen LogP contribution in [0, 0.1) is 11.7 Å². The molecule has 1 fully saturated rings. The van der Waals surface area contributed by atoms with Crippen LogP contribution < -0.4 is 9.47 Å². The Morgan fingerprint density at radius 3 is 2.19 bits per heavy atom. The van der Waals surface area contributed by atoms with Gasteiger partial charge in [0.2, 0.25) is 0 Å². The minimum Gasteiger partial charge on any atom is -0.497 e. The predicted octanol–water partition coefficient (Wildman–Crippen LogP) is 3.73. The van der Waals surface area contributed by atoms with Gasteiger partial charge in [-0.05, 0) is 60.7 Å². The molecule has 0 unspecified atom stereocenters. The number of hydrogen-bond donors (Lipinski definition) is 0. The van der Waals surface area contributed by atoms with Crippen molar-refractivity contribution >= 4 is 17.4 Å². The average Bonchev–Trinajstić information content (AvgIpc) is 3.05. The van der Waals surface area contributed by atoms with Gasteiger partial charge in [-0.3, -0.25) is 14.5 Å². The topological polar surface area (TPSA) is 59.1 Å². The zero-order chi connectivity index (χ0) is 22.7. The number of amides is 2. The molecule has 2 amide bonds. The Morgan fingerprint density at radius 1 is 0.938 bits per heavy atom. The molecule has 0 spiro atoms. The van der Waals surface area contributed by atoms with Crippen LogP contribution in [0.3, 0.4) is 0 Å². The number of likely N-dealkylation sites (tertiary alicyclic amines) is 1. The van der Waals surface area contributed by atoms with Gasteiger partial charge in [0.1, 0.15) is 29.6 Å². The highest BCUT2D eigenvalue weighted by molar-refractivity contribution is 6.35. The van der Waals surface area contributed by atoms with Crippen molar-refractivity contribution < 1.29 is 23.5 Å². The van der Waals surface area contributed by atoms with Gasteiger partial charge in [-0.15, -0.1) is 0 Å². The number of nitrogens with zero attached hydrogens (tertiary/aromatic N) is 2. The number of carbonyl (C=O) groups excluding carboxylic acids is 2. The zero-order valence-corrected chi connectivity index (χ0v) is 18.3. The molecule has 2 heterocycles. The van der Waals surface area contributed by atoms with Gasteiger partial charge >= 0.3 is 0 Å². The highest BCUT2D eigenvalue weighted by Gasteiger charge is 2.41. The first-order valence-corrected chi connectivity index (χ1v) is 10.9. The number of rotatable bonds is 7. The molecule has 0 bridgehead atoms. The lowest BCUT2D eigenvalue weighted by atomic mass is 9.97. The lowest BCUT2D eigenvalue weighted by molar-refractivity contribution is -0.138. The van der Waals surface area contributed by atoms with E-state index in [9.17, 15) is 14.0 Å². The first kappa shape index (κ1) is 21.9. The van der Waals surface area contributed by atoms with Crippen molar-refractivity contribution in [2.75, 3.05) is 33.4 Å². The standard InChI is InChI=1S/C25H27FN2O4/c1-17-11-13-27(14-12-17)23-22(18-3-5-19(26)6-4-18)24(29)28(25(23)30)15-16-32-21-9-7-20(31-2)8-10-21/h3-10,17H,11-16H2,1-2H3. The molecular weight excluding hydrogens is 411 g/mol. The highest BCUT2D eigenvalue weighted by Crippen LogP contribution is 2.34. The van der Waals surface area contributed by atoms with Crippen molar-refractivity contribution in [1.82, 2.24) is 9.80 Å². The first-order valence-electron chi connectivity index (χ1n) is 10.9. The molecule has 32 heavy (non-hydrogen) atoms. The zero-order valence-electron chi connectivity index (χ0n) is 18.3. The normalized spacial score (nSPS) is 17.3. The Morgan fingerprint density at radius 2 is 1.56 bits per heavy atom. The second-order valence-corrected chi connectivity index (χ2v) is 8.19. The van der Waals surface area contributed by atoms with Gasteiger partial charge in [-0.2, -0.15) is 0 Å². The smallest absolute Gasteiger partial charge is 0.277 e. The Kier molecular flexibility index (Phi) is 6.44. The molecule has 2 aliphatic heterocycles. The van der Waals surface area contributed by atoms with E-state index in [4.69, 9.17) is 9.47 Å². The highest BCUT2D eigenvalue weighted by atomic mass is 19.1. The second-order valence-electron chi connectivity index (χ2n) is 8.19. The maximum absolute atomic E-state index is 13.5. The Labute approximate surface area is 187 Å². The third kappa shape index (κ3) is 4.47. The first-order chi connectivity index (χ1) is 15.5. The fourth-order valence-electron chi connectivity index (χ4n) is 4.10. The molecule has 0 saturated carbocycles. The third-order valence-electron chi connectivity index (χ3n) is 6.02. The van der Waals surface area contributed by atoms with Gasteiger partial charge in [-0.1, -0.05) is 19.1 Å². The molecule has 168 valence electrons. The number of imide groups is 1. The van der Waals surface area contributed by atoms with Gasteiger partial charge < -0.3 is 14.4 Å². The van der Waals surface area contributed by atoms with E-state index in [1.807, 2.05) is 4.90 Å². The number of methoxy groups -OCH3 is 1. The molecule has 0 N–H and O–H groups in total. The van der Waals surface area contributed by atoms with Crippen LogP contribution in [-0.2, 0) is 9.59 Å². The predicted molar refractivity (Wildman–Crippen MR) is 119 cm³/mol. The summed E-state index contributed by atoms with van der Waals surface area (Å²) < 4.78 is 24.3. The van der Waals surface area contributed by atoms with Crippen molar-refractivity contribution in [1.29, 1.82) is 0 Å². The van der Waals surface area contributed by atoms with Crippen LogP contribution in [0.4, 0.5) is 4.39 Å². The molecule has 2 aromatic carbocycles. The summed E-state index contributed by atoms with van der Waals surface area (Å²) in [6.07, 6.45) is 1.92. The quantitative estimate of drug-likeness (QED) is 0.617. The molecule has 0 radical (unpaired) electrons. The van der Waals surface area contributed by atoms with Gasteiger partial charge in [0.05, 0.1) is 19.2 Å².